The number of amides is 1. The van der Waals surface area contributed by atoms with Crippen molar-refractivity contribution in [1.29, 1.82) is 0 Å². The molecule has 0 saturated carbocycles. The van der Waals surface area contributed by atoms with Gasteiger partial charge < -0.3 is 10.4 Å². The number of benzene rings is 1. The molecule has 0 aromatic heterocycles. The molecule has 1 rings (SSSR count). The number of aliphatic carboxylic acids is 1. The van der Waals surface area contributed by atoms with Crippen molar-refractivity contribution in [1.82, 2.24) is 5.32 Å². The Bertz CT molecular complexity index is 502. The van der Waals surface area contributed by atoms with E-state index in [1.807, 2.05) is 38.1 Å². The maximum atomic E-state index is 12.1. The molecule has 20 heavy (non-hydrogen) atoms. The molecule has 2 N–H and O–H groups in total. The molecule has 1 atom stereocenters. The van der Waals surface area contributed by atoms with Gasteiger partial charge in [-0.2, -0.15) is 0 Å². The molecule has 1 amide bonds. The van der Waals surface area contributed by atoms with Gasteiger partial charge in [-0.1, -0.05) is 48.0 Å². The monoisotopic (exact) mass is 341 g/mol. The maximum absolute atomic E-state index is 12.1. The molecule has 0 aliphatic rings. The molecule has 5 heteroatoms. The first kappa shape index (κ1) is 16.7. The predicted molar refractivity (Wildman–Crippen MR) is 81.5 cm³/mol. The molecule has 0 aliphatic carbocycles. The number of halogens is 1. The first-order valence-electron chi connectivity index (χ1n) is 6.51. The third kappa shape index (κ3) is 4.63. The van der Waals surface area contributed by atoms with Crippen LogP contribution in [0.15, 0.2) is 28.7 Å². The molecule has 1 unspecified atom stereocenters. The van der Waals surface area contributed by atoms with E-state index in [2.05, 4.69) is 21.2 Å². The van der Waals surface area contributed by atoms with Gasteiger partial charge in [-0.3, -0.25) is 9.59 Å². The zero-order valence-electron chi connectivity index (χ0n) is 11.9. The molecule has 1 aromatic carbocycles. The molecule has 110 valence electrons. The topological polar surface area (TPSA) is 66.4 Å². The van der Waals surface area contributed by atoms with E-state index in [1.54, 1.807) is 6.92 Å². The minimum atomic E-state index is -0.914. The fourth-order valence-corrected chi connectivity index (χ4v) is 2.31. The van der Waals surface area contributed by atoms with Crippen LogP contribution in [0.5, 0.6) is 0 Å². The molecular formula is C15H20BrNO3. The number of nitrogens with one attached hydrogen (secondary N) is 1. The highest BCUT2D eigenvalue weighted by molar-refractivity contribution is 9.10. The molecule has 0 spiro atoms. The summed E-state index contributed by atoms with van der Waals surface area (Å²) in [6.07, 6.45) is 0.135. The highest BCUT2D eigenvalue weighted by Crippen LogP contribution is 2.22. The van der Waals surface area contributed by atoms with Crippen molar-refractivity contribution in [3.05, 3.63) is 34.3 Å². The lowest BCUT2D eigenvalue weighted by Crippen LogP contribution is -2.51. The fraction of sp³-hybridized carbons (Fsp3) is 0.467. The second-order valence-corrected chi connectivity index (χ2v) is 6.31. The number of hydrogen-bond acceptors (Lipinski definition) is 2. The molecule has 4 nitrogen and oxygen atoms in total. The van der Waals surface area contributed by atoms with E-state index in [9.17, 15) is 9.59 Å². The molecule has 1 aromatic rings. The van der Waals surface area contributed by atoms with Crippen molar-refractivity contribution in [2.75, 3.05) is 0 Å². The Morgan fingerprint density at radius 1 is 1.35 bits per heavy atom. The summed E-state index contributed by atoms with van der Waals surface area (Å²) in [5.74, 6) is -1.06. The smallest absolute Gasteiger partial charge is 0.305 e. The van der Waals surface area contributed by atoms with Crippen molar-refractivity contribution >= 4 is 27.8 Å². The van der Waals surface area contributed by atoms with Crippen LogP contribution in [0.2, 0.25) is 0 Å². The third-order valence-electron chi connectivity index (χ3n) is 3.53. The van der Waals surface area contributed by atoms with Gasteiger partial charge in [0.15, 0.2) is 0 Å². The van der Waals surface area contributed by atoms with E-state index < -0.39 is 11.5 Å². The molecular weight excluding hydrogens is 322 g/mol. The van der Waals surface area contributed by atoms with E-state index in [4.69, 9.17) is 5.11 Å². The van der Waals surface area contributed by atoms with Crippen LogP contribution in [0.3, 0.4) is 0 Å². The van der Waals surface area contributed by atoms with Gasteiger partial charge in [0.2, 0.25) is 5.91 Å². The number of hydrogen-bond donors (Lipinski definition) is 2. The predicted octanol–water partition coefficient (Wildman–Crippen LogP) is 3.00. The van der Waals surface area contributed by atoms with Crippen LogP contribution >= 0.6 is 15.9 Å². The standard InChI is InChI=1S/C15H20BrNO3/c1-10(2)15(3,9-14(19)20)17-13(18)8-11-6-4-5-7-12(11)16/h4-7,10H,8-9H2,1-3H3,(H,17,18)(H,19,20). The molecule has 0 radical (unpaired) electrons. The molecule has 0 bridgehead atoms. The summed E-state index contributed by atoms with van der Waals surface area (Å²) in [7, 11) is 0. The summed E-state index contributed by atoms with van der Waals surface area (Å²) in [5.41, 5.74) is 0.135. The van der Waals surface area contributed by atoms with E-state index in [-0.39, 0.29) is 24.7 Å². The van der Waals surface area contributed by atoms with Crippen molar-refractivity contribution in [3.63, 3.8) is 0 Å². The first-order valence-corrected chi connectivity index (χ1v) is 7.30. The van der Waals surface area contributed by atoms with Gasteiger partial charge in [0, 0.05) is 10.0 Å². The number of carbonyl (C=O) groups is 2. The lowest BCUT2D eigenvalue weighted by molar-refractivity contribution is -0.139. The molecule has 0 aliphatic heterocycles. The molecule has 0 saturated heterocycles. The Morgan fingerprint density at radius 2 is 1.95 bits per heavy atom. The van der Waals surface area contributed by atoms with E-state index in [1.165, 1.54) is 0 Å². The van der Waals surface area contributed by atoms with E-state index in [0.717, 1.165) is 10.0 Å². The normalized spacial score (nSPS) is 13.8. The second kappa shape index (κ2) is 6.88. The average molecular weight is 342 g/mol. The summed E-state index contributed by atoms with van der Waals surface area (Å²) in [6.45, 7) is 5.58. The molecule has 0 heterocycles. The summed E-state index contributed by atoms with van der Waals surface area (Å²) in [6, 6.07) is 7.50. The zero-order valence-corrected chi connectivity index (χ0v) is 13.5. The summed E-state index contributed by atoms with van der Waals surface area (Å²) in [5, 5.41) is 11.8. The van der Waals surface area contributed by atoms with Crippen LogP contribution in [-0.2, 0) is 16.0 Å². The minimum absolute atomic E-state index is 0.0294. The summed E-state index contributed by atoms with van der Waals surface area (Å²) >= 11 is 3.40. The minimum Gasteiger partial charge on any atom is -0.481 e. The Morgan fingerprint density at radius 3 is 2.45 bits per heavy atom. The number of carbonyl (C=O) groups excluding carboxylic acids is 1. The van der Waals surface area contributed by atoms with Gasteiger partial charge in [0.05, 0.1) is 12.8 Å². The van der Waals surface area contributed by atoms with Crippen LogP contribution in [0.1, 0.15) is 32.8 Å². The highest BCUT2D eigenvalue weighted by atomic mass is 79.9. The van der Waals surface area contributed by atoms with Crippen LogP contribution < -0.4 is 5.32 Å². The largest absolute Gasteiger partial charge is 0.481 e. The summed E-state index contributed by atoms with van der Waals surface area (Å²) in [4.78, 5) is 23.1. The lowest BCUT2D eigenvalue weighted by atomic mass is 9.85. The van der Waals surface area contributed by atoms with Crippen LogP contribution in [0.25, 0.3) is 0 Å². The van der Waals surface area contributed by atoms with Gasteiger partial charge in [0.1, 0.15) is 0 Å². The van der Waals surface area contributed by atoms with Crippen LogP contribution in [0.4, 0.5) is 0 Å². The van der Waals surface area contributed by atoms with Gasteiger partial charge >= 0.3 is 5.97 Å². The SMILES string of the molecule is CC(C)C(C)(CC(=O)O)NC(=O)Cc1ccccc1Br. The Balaban J connectivity index is 2.77. The average Bonchev–Trinajstić information content (AvgIpc) is 2.30. The zero-order chi connectivity index (χ0) is 15.3. The highest BCUT2D eigenvalue weighted by Gasteiger charge is 2.32. The number of carboxylic acid groups (broad SMARTS) is 1. The van der Waals surface area contributed by atoms with Crippen molar-refractivity contribution < 1.29 is 14.7 Å². The van der Waals surface area contributed by atoms with Crippen molar-refractivity contribution in [2.24, 2.45) is 5.92 Å². The Kier molecular flexibility index (Phi) is 5.74. The van der Waals surface area contributed by atoms with Gasteiger partial charge in [0.25, 0.3) is 0 Å². The van der Waals surface area contributed by atoms with Gasteiger partial charge in [-0.15, -0.1) is 0 Å². The summed E-state index contributed by atoms with van der Waals surface area (Å²) < 4.78 is 0.875. The second-order valence-electron chi connectivity index (χ2n) is 5.46. The van der Waals surface area contributed by atoms with Gasteiger partial charge in [-0.05, 0) is 24.5 Å². The van der Waals surface area contributed by atoms with Gasteiger partial charge in [-0.25, -0.2) is 0 Å². The van der Waals surface area contributed by atoms with E-state index >= 15 is 0 Å². The van der Waals surface area contributed by atoms with E-state index in [0.29, 0.717) is 0 Å². The lowest BCUT2D eigenvalue weighted by Gasteiger charge is -2.33. The molecule has 0 fully saturated rings. The Labute approximate surface area is 127 Å². The first-order chi connectivity index (χ1) is 9.24. The quantitative estimate of drug-likeness (QED) is 0.835. The number of rotatable bonds is 6. The van der Waals surface area contributed by atoms with Crippen molar-refractivity contribution in [2.45, 2.75) is 39.2 Å². The number of carboxylic acids is 1. The van der Waals surface area contributed by atoms with Crippen LogP contribution in [0, 0.1) is 5.92 Å². The fourth-order valence-electron chi connectivity index (χ4n) is 1.88. The third-order valence-corrected chi connectivity index (χ3v) is 4.30. The maximum Gasteiger partial charge on any atom is 0.305 e. The Hall–Kier alpha value is -1.36. The van der Waals surface area contributed by atoms with Crippen molar-refractivity contribution in [3.8, 4) is 0 Å². The van der Waals surface area contributed by atoms with Crippen LogP contribution in [-0.4, -0.2) is 22.5 Å².